The van der Waals surface area contributed by atoms with Gasteiger partial charge in [0.2, 0.25) is 5.95 Å². The van der Waals surface area contributed by atoms with Gasteiger partial charge in [-0.25, -0.2) is 4.98 Å². The molecule has 4 nitrogen and oxygen atoms in total. The van der Waals surface area contributed by atoms with Crippen LogP contribution in [0, 0.1) is 0 Å². The Morgan fingerprint density at radius 2 is 2.06 bits per heavy atom. The molecule has 90 valence electrons. The van der Waals surface area contributed by atoms with Crippen molar-refractivity contribution in [2.24, 2.45) is 0 Å². The van der Waals surface area contributed by atoms with Crippen molar-refractivity contribution in [1.82, 2.24) is 9.97 Å². The molecule has 1 rings (SSSR count). The molecule has 16 heavy (non-hydrogen) atoms. The van der Waals surface area contributed by atoms with Crippen molar-refractivity contribution in [3.05, 3.63) is 12.3 Å². The molecule has 0 aliphatic rings. The van der Waals surface area contributed by atoms with E-state index in [-0.39, 0.29) is 0 Å². The minimum Gasteiger partial charge on any atom is -0.356 e. The smallest absolute Gasteiger partial charge is 0.226 e. The van der Waals surface area contributed by atoms with Gasteiger partial charge in [0.15, 0.2) is 0 Å². The molecule has 0 aromatic carbocycles. The highest BCUT2D eigenvalue weighted by atomic mass is 79.9. The van der Waals surface area contributed by atoms with Gasteiger partial charge < -0.3 is 9.80 Å². The minimum atomic E-state index is 0.758. The van der Waals surface area contributed by atoms with E-state index in [1.54, 1.807) is 0 Å². The van der Waals surface area contributed by atoms with Crippen LogP contribution in [0.25, 0.3) is 0 Å². The normalized spacial score (nSPS) is 10.2. The van der Waals surface area contributed by atoms with E-state index in [9.17, 15) is 0 Å². The fraction of sp³-hybridized carbons (Fsp3) is 0.636. The van der Waals surface area contributed by atoms with Crippen molar-refractivity contribution < 1.29 is 0 Å². The first-order chi connectivity index (χ1) is 7.69. The van der Waals surface area contributed by atoms with E-state index in [0.29, 0.717) is 0 Å². The van der Waals surface area contributed by atoms with Crippen LogP contribution in [0.5, 0.6) is 0 Å². The largest absolute Gasteiger partial charge is 0.356 e. The van der Waals surface area contributed by atoms with E-state index in [1.165, 1.54) is 0 Å². The molecule has 0 saturated carbocycles. The molecule has 0 aliphatic heterocycles. The number of halogens is 1. The van der Waals surface area contributed by atoms with Crippen LogP contribution < -0.4 is 9.80 Å². The zero-order valence-electron chi connectivity index (χ0n) is 10.1. The van der Waals surface area contributed by atoms with Gasteiger partial charge in [0.25, 0.3) is 0 Å². The maximum Gasteiger partial charge on any atom is 0.226 e. The predicted molar refractivity (Wildman–Crippen MR) is 72.7 cm³/mol. The van der Waals surface area contributed by atoms with Gasteiger partial charge in [-0.3, -0.25) is 0 Å². The lowest BCUT2D eigenvalue weighted by atomic mass is 10.4. The van der Waals surface area contributed by atoms with Gasteiger partial charge in [-0.1, -0.05) is 22.9 Å². The molecule has 0 bridgehead atoms. The topological polar surface area (TPSA) is 32.3 Å². The van der Waals surface area contributed by atoms with Gasteiger partial charge >= 0.3 is 0 Å². The van der Waals surface area contributed by atoms with Crippen LogP contribution in [0.15, 0.2) is 12.3 Å². The number of nitrogens with zero attached hydrogens (tertiary/aromatic N) is 4. The summed E-state index contributed by atoms with van der Waals surface area (Å²) in [5, 5.41) is 0.953. The summed E-state index contributed by atoms with van der Waals surface area (Å²) in [6, 6.07) is 1.96. The van der Waals surface area contributed by atoms with Gasteiger partial charge in [0.1, 0.15) is 5.82 Å². The summed E-state index contributed by atoms with van der Waals surface area (Å²) in [6.45, 7) is 4.17. The van der Waals surface area contributed by atoms with Gasteiger partial charge in [0.05, 0.1) is 0 Å². The zero-order valence-corrected chi connectivity index (χ0v) is 11.7. The summed E-state index contributed by atoms with van der Waals surface area (Å²) in [7, 11) is 3.90. The quantitative estimate of drug-likeness (QED) is 0.750. The highest BCUT2D eigenvalue weighted by Gasteiger charge is 2.08. The maximum atomic E-state index is 4.53. The molecule has 5 heteroatoms. The van der Waals surface area contributed by atoms with E-state index in [0.717, 1.165) is 36.6 Å². The Morgan fingerprint density at radius 3 is 2.62 bits per heavy atom. The second-order valence-electron chi connectivity index (χ2n) is 3.79. The Hall–Kier alpha value is -0.840. The van der Waals surface area contributed by atoms with E-state index in [1.807, 2.05) is 31.3 Å². The molecule has 0 N–H and O–H groups in total. The van der Waals surface area contributed by atoms with Gasteiger partial charge in [0, 0.05) is 38.7 Å². The Morgan fingerprint density at radius 1 is 1.31 bits per heavy atom. The predicted octanol–water partition coefficient (Wildman–Crippen LogP) is 2.15. The molecular weight excluding hydrogens is 268 g/mol. The van der Waals surface area contributed by atoms with Crippen molar-refractivity contribution >= 4 is 27.7 Å². The number of rotatable bonds is 6. The summed E-state index contributed by atoms with van der Waals surface area (Å²) in [4.78, 5) is 12.9. The Bertz CT molecular complexity index is 311. The summed E-state index contributed by atoms with van der Waals surface area (Å²) in [6.07, 6.45) is 2.93. The monoisotopic (exact) mass is 286 g/mol. The molecule has 0 aliphatic carbocycles. The number of hydrogen-bond donors (Lipinski definition) is 0. The van der Waals surface area contributed by atoms with Crippen LogP contribution in [-0.2, 0) is 0 Å². The van der Waals surface area contributed by atoms with Crippen LogP contribution in [0.2, 0.25) is 0 Å². The standard InChI is InChI=1S/C11H19BrN4/c1-4-8-16(9-6-12)10-5-7-13-11(14-10)15(2)3/h5,7H,4,6,8-9H2,1-3H3. The van der Waals surface area contributed by atoms with Crippen LogP contribution in [-0.4, -0.2) is 42.5 Å². The number of hydrogen-bond acceptors (Lipinski definition) is 4. The van der Waals surface area contributed by atoms with Crippen LogP contribution >= 0.6 is 15.9 Å². The van der Waals surface area contributed by atoms with Gasteiger partial charge in [-0.15, -0.1) is 0 Å². The second kappa shape index (κ2) is 6.68. The van der Waals surface area contributed by atoms with Crippen LogP contribution in [0.1, 0.15) is 13.3 Å². The Balaban J connectivity index is 2.86. The third kappa shape index (κ3) is 3.63. The van der Waals surface area contributed by atoms with Crippen molar-refractivity contribution in [1.29, 1.82) is 0 Å². The number of aromatic nitrogens is 2. The first-order valence-corrected chi connectivity index (χ1v) is 6.62. The lowest BCUT2D eigenvalue weighted by molar-refractivity contribution is 0.779. The van der Waals surface area contributed by atoms with E-state index < -0.39 is 0 Å². The molecular formula is C11H19BrN4. The van der Waals surface area contributed by atoms with E-state index in [2.05, 4.69) is 37.7 Å². The second-order valence-corrected chi connectivity index (χ2v) is 4.58. The zero-order chi connectivity index (χ0) is 12.0. The Kier molecular flexibility index (Phi) is 5.52. The summed E-state index contributed by atoms with van der Waals surface area (Å²) in [5.74, 6) is 1.76. The first kappa shape index (κ1) is 13.2. The third-order valence-electron chi connectivity index (χ3n) is 2.20. The van der Waals surface area contributed by atoms with E-state index in [4.69, 9.17) is 0 Å². The molecule has 0 amide bonds. The lowest BCUT2D eigenvalue weighted by Crippen LogP contribution is -2.27. The fourth-order valence-corrected chi connectivity index (χ4v) is 1.87. The summed E-state index contributed by atoms with van der Waals surface area (Å²) >= 11 is 3.47. The highest BCUT2D eigenvalue weighted by Crippen LogP contribution is 2.14. The van der Waals surface area contributed by atoms with Crippen molar-refractivity contribution in [2.45, 2.75) is 13.3 Å². The first-order valence-electron chi connectivity index (χ1n) is 5.50. The molecule has 1 aromatic heterocycles. The van der Waals surface area contributed by atoms with Gasteiger partial charge in [-0.05, 0) is 12.5 Å². The van der Waals surface area contributed by atoms with Crippen molar-refractivity contribution in [2.75, 3.05) is 42.3 Å². The summed E-state index contributed by atoms with van der Waals surface area (Å²) < 4.78 is 0. The number of anilines is 2. The Labute approximate surface area is 106 Å². The maximum absolute atomic E-state index is 4.53. The fourth-order valence-electron chi connectivity index (χ4n) is 1.44. The number of alkyl halides is 1. The summed E-state index contributed by atoms with van der Waals surface area (Å²) in [5.41, 5.74) is 0. The average Bonchev–Trinajstić information content (AvgIpc) is 2.29. The van der Waals surface area contributed by atoms with E-state index >= 15 is 0 Å². The average molecular weight is 287 g/mol. The van der Waals surface area contributed by atoms with Crippen LogP contribution in [0.3, 0.4) is 0 Å². The highest BCUT2D eigenvalue weighted by molar-refractivity contribution is 9.09. The third-order valence-corrected chi connectivity index (χ3v) is 2.55. The molecule has 1 heterocycles. The van der Waals surface area contributed by atoms with Crippen molar-refractivity contribution in [3.8, 4) is 0 Å². The van der Waals surface area contributed by atoms with Gasteiger partial charge in [-0.2, -0.15) is 4.98 Å². The van der Waals surface area contributed by atoms with Crippen molar-refractivity contribution in [3.63, 3.8) is 0 Å². The molecule has 0 unspecified atom stereocenters. The van der Waals surface area contributed by atoms with Crippen LogP contribution in [0.4, 0.5) is 11.8 Å². The molecule has 0 saturated heterocycles. The molecule has 0 radical (unpaired) electrons. The molecule has 0 atom stereocenters. The molecule has 1 aromatic rings. The molecule has 0 fully saturated rings. The SMILES string of the molecule is CCCN(CCBr)c1ccnc(N(C)C)n1. The lowest BCUT2D eigenvalue weighted by Gasteiger charge is -2.23. The minimum absolute atomic E-state index is 0.758. The molecule has 0 spiro atoms.